The van der Waals surface area contributed by atoms with Gasteiger partial charge in [-0.2, -0.15) is 0 Å². The van der Waals surface area contributed by atoms with Crippen LogP contribution in [0.15, 0.2) is 11.6 Å². The highest BCUT2D eigenvalue weighted by Crippen LogP contribution is 2.54. The van der Waals surface area contributed by atoms with Crippen LogP contribution in [0.5, 0.6) is 0 Å². The summed E-state index contributed by atoms with van der Waals surface area (Å²) < 4.78 is 25.5. The molecule has 0 aromatic heterocycles. The quantitative estimate of drug-likeness (QED) is 0.401. The number of carbonyl (C=O) groups is 1. The van der Waals surface area contributed by atoms with E-state index >= 15 is 0 Å². The van der Waals surface area contributed by atoms with Crippen LogP contribution in [0.2, 0.25) is 0 Å². The lowest BCUT2D eigenvalue weighted by atomic mass is 10.7. The van der Waals surface area contributed by atoms with Crippen LogP contribution in [0.25, 0.3) is 0 Å². The lowest BCUT2D eigenvalue weighted by molar-refractivity contribution is -0.136. The van der Waals surface area contributed by atoms with Gasteiger partial charge >= 0.3 is 13.6 Å². The summed E-state index contributed by atoms with van der Waals surface area (Å²) in [6, 6.07) is 0. The highest BCUT2D eigenvalue weighted by atomic mass is 31.2. The third kappa shape index (κ3) is 3.30. The topological polar surface area (TPSA) is 61.8 Å². The first-order valence-electron chi connectivity index (χ1n) is 3.57. The zero-order valence-electron chi connectivity index (χ0n) is 8.07. The fourth-order valence-electron chi connectivity index (χ4n) is 0.675. The van der Waals surface area contributed by atoms with Crippen molar-refractivity contribution in [2.24, 2.45) is 0 Å². The first-order valence-corrected chi connectivity index (χ1v) is 5.11. The molecule has 76 valence electrons. The Hall–Kier alpha value is -0.640. The van der Waals surface area contributed by atoms with Crippen molar-refractivity contribution in [1.82, 2.24) is 0 Å². The highest BCUT2D eigenvalue weighted by molar-refractivity contribution is 7.58. The molecule has 0 unspecified atom stereocenters. The summed E-state index contributed by atoms with van der Waals surface area (Å²) in [5, 5.41) is 0. The molecule has 0 radical (unpaired) electrons. The van der Waals surface area contributed by atoms with Crippen molar-refractivity contribution >= 4 is 13.6 Å². The SMILES string of the molecule is C/C=C(\OC(C)=O)P(=O)(OC)OC. The van der Waals surface area contributed by atoms with Gasteiger partial charge in [0.1, 0.15) is 0 Å². The van der Waals surface area contributed by atoms with Crippen LogP contribution in [-0.2, 0) is 23.1 Å². The maximum Gasteiger partial charge on any atom is 0.395 e. The van der Waals surface area contributed by atoms with Gasteiger partial charge in [0.2, 0.25) is 5.50 Å². The second-order valence-electron chi connectivity index (χ2n) is 2.08. The van der Waals surface area contributed by atoms with E-state index in [1.165, 1.54) is 27.2 Å². The Morgan fingerprint density at radius 1 is 1.31 bits per heavy atom. The van der Waals surface area contributed by atoms with Crippen LogP contribution < -0.4 is 0 Å². The summed E-state index contributed by atoms with van der Waals surface area (Å²) >= 11 is 0. The Morgan fingerprint density at radius 3 is 2.00 bits per heavy atom. The summed E-state index contributed by atoms with van der Waals surface area (Å²) in [7, 11) is -0.988. The summed E-state index contributed by atoms with van der Waals surface area (Å²) in [5.41, 5.74) is -0.0926. The largest absolute Gasteiger partial charge is 0.418 e. The van der Waals surface area contributed by atoms with Gasteiger partial charge in [-0.1, -0.05) is 0 Å². The molecule has 0 bridgehead atoms. The Bertz CT molecular complexity index is 250. The minimum Gasteiger partial charge on any atom is -0.418 e. The van der Waals surface area contributed by atoms with Crippen LogP contribution >= 0.6 is 7.60 Å². The number of ether oxygens (including phenoxy) is 1. The third-order valence-corrected chi connectivity index (χ3v) is 3.10. The molecule has 5 nitrogen and oxygen atoms in total. The molecule has 0 aromatic carbocycles. The van der Waals surface area contributed by atoms with Crippen molar-refractivity contribution in [2.45, 2.75) is 13.8 Å². The molecule has 0 spiro atoms. The van der Waals surface area contributed by atoms with E-state index in [0.29, 0.717) is 0 Å². The van der Waals surface area contributed by atoms with Gasteiger partial charge in [-0.15, -0.1) is 0 Å². The molecule has 0 aliphatic carbocycles. The van der Waals surface area contributed by atoms with Gasteiger partial charge in [-0.3, -0.25) is 9.36 Å². The normalized spacial score (nSPS) is 12.8. The van der Waals surface area contributed by atoms with E-state index in [2.05, 4.69) is 13.8 Å². The minimum absolute atomic E-state index is 0.0926. The van der Waals surface area contributed by atoms with Crippen LogP contribution in [0.3, 0.4) is 0 Å². The molecule has 0 aromatic rings. The van der Waals surface area contributed by atoms with Crippen LogP contribution in [0, 0.1) is 0 Å². The molecule has 6 heteroatoms. The molecule has 0 fully saturated rings. The molecule has 0 N–H and O–H groups in total. The van der Waals surface area contributed by atoms with Crippen molar-refractivity contribution in [3.63, 3.8) is 0 Å². The molecule has 0 amide bonds. The van der Waals surface area contributed by atoms with Gasteiger partial charge in [0.25, 0.3) is 0 Å². The maximum absolute atomic E-state index is 11.6. The molecule has 0 aliphatic rings. The van der Waals surface area contributed by atoms with Crippen molar-refractivity contribution in [2.75, 3.05) is 14.2 Å². The number of esters is 1. The smallest absolute Gasteiger partial charge is 0.395 e. The number of allylic oxidation sites excluding steroid dienone is 1. The Morgan fingerprint density at radius 2 is 1.77 bits per heavy atom. The standard InChI is InChI=1S/C7H13O5P/c1-5-7(12-6(2)8)13(9,10-3)11-4/h5H,1-4H3/b7-5+. The summed E-state index contributed by atoms with van der Waals surface area (Å²) in [4.78, 5) is 10.6. The van der Waals surface area contributed by atoms with E-state index in [-0.39, 0.29) is 5.50 Å². The van der Waals surface area contributed by atoms with Crippen LogP contribution in [0.1, 0.15) is 13.8 Å². The fourth-order valence-corrected chi connectivity index (χ4v) is 1.74. The number of hydrogen-bond donors (Lipinski definition) is 0. The Kier molecular flexibility index (Phi) is 4.91. The van der Waals surface area contributed by atoms with Crippen molar-refractivity contribution in [3.8, 4) is 0 Å². The van der Waals surface area contributed by atoms with E-state index in [0.717, 1.165) is 0 Å². The van der Waals surface area contributed by atoms with Crippen LogP contribution in [0.4, 0.5) is 0 Å². The molecular formula is C7H13O5P. The van der Waals surface area contributed by atoms with E-state index in [4.69, 9.17) is 0 Å². The van der Waals surface area contributed by atoms with Gasteiger partial charge < -0.3 is 13.8 Å². The van der Waals surface area contributed by atoms with Gasteiger partial charge in [0, 0.05) is 21.1 Å². The predicted octanol–water partition coefficient (Wildman–Crippen LogP) is 1.90. The maximum atomic E-state index is 11.6. The summed E-state index contributed by atoms with van der Waals surface area (Å²) in [6.07, 6.45) is 1.37. The monoisotopic (exact) mass is 208 g/mol. The van der Waals surface area contributed by atoms with E-state index in [1.54, 1.807) is 6.92 Å². The first-order chi connectivity index (χ1) is 6.00. The molecule has 0 aliphatic heterocycles. The Balaban J connectivity index is 4.76. The molecule has 0 atom stereocenters. The highest BCUT2D eigenvalue weighted by Gasteiger charge is 2.30. The lowest BCUT2D eigenvalue weighted by Gasteiger charge is -2.15. The van der Waals surface area contributed by atoms with E-state index < -0.39 is 13.6 Å². The average molecular weight is 208 g/mol. The van der Waals surface area contributed by atoms with Gasteiger partial charge in [-0.25, -0.2) is 0 Å². The van der Waals surface area contributed by atoms with Gasteiger partial charge in [0.05, 0.1) is 0 Å². The van der Waals surface area contributed by atoms with Crippen LogP contribution in [-0.4, -0.2) is 20.2 Å². The second kappa shape index (κ2) is 5.17. The summed E-state index contributed by atoms with van der Waals surface area (Å²) in [5.74, 6) is -0.567. The number of carbonyl (C=O) groups excluding carboxylic acids is 1. The molecule has 13 heavy (non-hydrogen) atoms. The third-order valence-electron chi connectivity index (χ3n) is 1.25. The first kappa shape index (κ1) is 12.4. The average Bonchev–Trinajstić information content (AvgIpc) is 2.12. The second-order valence-corrected chi connectivity index (χ2v) is 4.25. The van der Waals surface area contributed by atoms with E-state index in [1.807, 2.05) is 0 Å². The molecule has 0 saturated heterocycles. The lowest BCUT2D eigenvalue weighted by Crippen LogP contribution is -2.02. The zero-order chi connectivity index (χ0) is 10.5. The fraction of sp³-hybridized carbons (Fsp3) is 0.571. The van der Waals surface area contributed by atoms with Crippen molar-refractivity contribution in [3.05, 3.63) is 11.6 Å². The zero-order valence-corrected chi connectivity index (χ0v) is 8.96. The molecule has 0 rings (SSSR count). The van der Waals surface area contributed by atoms with Crippen molar-refractivity contribution in [1.29, 1.82) is 0 Å². The summed E-state index contributed by atoms with van der Waals surface area (Å²) in [6.45, 7) is 2.78. The number of rotatable bonds is 4. The van der Waals surface area contributed by atoms with Gasteiger partial charge in [0.15, 0.2) is 0 Å². The molecule has 0 heterocycles. The van der Waals surface area contributed by atoms with Crippen molar-refractivity contribution < 1.29 is 23.1 Å². The Labute approximate surface area is 77.2 Å². The van der Waals surface area contributed by atoms with E-state index in [9.17, 15) is 9.36 Å². The minimum atomic E-state index is -3.43. The predicted molar refractivity (Wildman–Crippen MR) is 47.1 cm³/mol. The van der Waals surface area contributed by atoms with Gasteiger partial charge in [-0.05, 0) is 13.0 Å². The number of hydrogen-bond acceptors (Lipinski definition) is 5. The molecule has 0 saturated carbocycles. The molecular weight excluding hydrogens is 195 g/mol.